The maximum Gasteiger partial charge on any atom is 0.272 e. The molecular weight excluding hydrogens is 254 g/mol. The Kier molecular flexibility index (Phi) is 3.49. The van der Waals surface area contributed by atoms with Crippen LogP contribution >= 0.6 is 11.8 Å². The van der Waals surface area contributed by atoms with E-state index in [4.69, 9.17) is 5.84 Å². The van der Waals surface area contributed by atoms with E-state index in [0.29, 0.717) is 5.69 Å². The molecule has 18 heavy (non-hydrogen) atoms. The molecular formula is C10H11N5O2S. The molecule has 0 radical (unpaired) electrons. The highest BCUT2D eigenvalue weighted by Crippen LogP contribution is 2.32. The summed E-state index contributed by atoms with van der Waals surface area (Å²) in [4.78, 5) is 12.0. The van der Waals surface area contributed by atoms with Gasteiger partial charge in [0.2, 0.25) is 0 Å². The van der Waals surface area contributed by atoms with Crippen LogP contribution in [0.3, 0.4) is 0 Å². The van der Waals surface area contributed by atoms with Crippen LogP contribution in [0.2, 0.25) is 0 Å². The predicted octanol–water partition coefficient (Wildman–Crippen LogP) is 1.77. The first-order chi connectivity index (χ1) is 8.58. The fraction of sp³-hybridized carbons (Fsp3) is 0.100. The van der Waals surface area contributed by atoms with Crippen molar-refractivity contribution in [2.45, 2.75) is 9.79 Å². The lowest BCUT2D eigenvalue weighted by Crippen LogP contribution is -2.07. The van der Waals surface area contributed by atoms with Gasteiger partial charge in [-0.05, 0) is 6.07 Å². The van der Waals surface area contributed by atoms with E-state index in [0.717, 1.165) is 9.79 Å². The van der Waals surface area contributed by atoms with E-state index in [2.05, 4.69) is 10.5 Å². The van der Waals surface area contributed by atoms with Crippen molar-refractivity contribution in [3.05, 3.63) is 40.7 Å². The molecule has 1 heterocycles. The van der Waals surface area contributed by atoms with Crippen LogP contribution in [0.4, 0.5) is 11.4 Å². The van der Waals surface area contributed by atoms with Gasteiger partial charge in [-0.25, -0.2) is 0 Å². The van der Waals surface area contributed by atoms with Crippen molar-refractivity contribution < 1.29 is 4.92 Å². The van der Waals surface area contributed by atoms with Gasteiger partial charge in [-0.3, -0.25) is 20.6 Å². The highest BCUT2D eigenvalue weighted by Gasteiger charge is 2.10. The van der Waals surface area contributed by atoms with Gasteiger partial charge in [0, 0.05) is 30.3 Å². The second-order valence-electron chi connectivity index (χ2n) is 3.57. The third-order valence-electron chi connectivity index (χ3n) is 2.19. The first-order valence-electron chi connectivity index (χ1n) is 5.01. The molecule has 7 nitrogen and oxygen atoms in total. The molecule has 0 saturated carbocycles. The molecule has 2 rings (SSSR count). The number of benzene rings is 1. The van der Waals surface area contributed by atoms with Crippen LogP contribution in [-0.2, 0) is 7.05 Å². The lowest BCUT2D eigenvalue weighted by molar-refractivity contribution is -0.385. The zero-order valence-electron chi connectivity index (χ0n) is 9.53. The maximum atomic E-state index is 10.8. The third kappa shape index (κ3) is 2.79. The quantitative estimate of drug-likeness (QED) is 0.496. The van der Waals surface area contributed by atoms with Crippen LogP contribution in [0.25, 0.3) is 0 Å². The second kappa shape index (κ2) is 5.07. The molecule has 0 unspecified atom stereocenters. The van der Waals surface area contributed by atoms with E-state index in [1.165, 1.54) is 23.9 Å². The van der Waals surface area contributed by atoms with Gasteiger partial charge in [0.25, 0.3) is 5.69 Å². The summed E-state index contributed by atoms with van der Waals surface area (Å²) in [5.41, 5.74) is 2.91. The molecule has 0 aliphatic carbocycles. The second-order valence-corrected chi connectivity index (χ2v) is 4.72. The Labute approximate surface area is 107 Å². The molecule has 1 aromatic heterocycles. The van der Waals surface area contributed by atoms with Crippen LogP contribution in [0.5, 0.6) is 0 Å². The van der Waals surface area contributed by atoms with E-state index in [9.17, 15) is 10.1 Å². The number of non-ortho nitro benzene ring substituents is 1. The van der Waals surface area contributed by atoms with Gasteiger partial charge in [0.05, 0.1) is 21.7 Å². The molecule has 3 N–H and O–H groups in total. The molecule has 94 valence electrons. The molecule has 0 aliphatic heterocycles. The molecule has 0 amide bonds. The van der Waals surface area contributed by atoms with E-state index in [-0.39, 0.29) is 5.69 Å². The standard InChI is InChI=1S/C10H11N5O2S/c1-14-6-10(5-12-14)18-9-3-7(13-11)2-8(4-9)15(16)17/h2-6,13H,11H2,1H3. The maximum absolute atomic E-state index is 10.8. The summed E-state index contributed by atoms with van der Waals surface area (Å²) in [6, 6.07) is 4.62. The summed E-state index contributed by atoms with van der Waals surface area (Å²) in [6.45, 7) is 0. The van der Waals surface area contributed by atoms with Gasteiger partial charge in [0.1, 0.15) is 0 Å². The largest absolute Gasteiger partial charge is 0.324 e. The van der Waals surface area contributed by atoms with Gasteiger partial charge < -0.3 is 5.43 Å². The fourth-order valence-electron chi connectivity index (χ4n) is 1.42. The van der Waals surface area contributed by atoms with Crippen molar-refractivity contribution in [2.24, 2.45) is 12.9 Å². The lowest BCUT2D eigenvalue weighted by atomic mass is 10.3. The summed E-state index contributed by atoms with van der Waals surface area (Å²) < 4.78 is 1.67. The molecule has 0 fully saturated rings. The average molecular weight is 265 g/mol. The van der Waals surface area contributed by atoms with E-state index in [1.807, 2.05) is 13.2 Å². The highest BCUT2D eigenvalue weighted by molar-refractivity contribution is 7.99. The van der Waals surface area contributed by atoms with Crippen LogP contribution in [0, 0.1) is 10.1 Å². The lowest BCUT2D eigenvalue weighted by Gasteiger charge is -2.03. The first kappa shape index (κ1) is 12.4. The third-order valence-corrected chi connectivity index (χ3v) is 3.10. The average Bonchev–Trinajstić information content (AvgIpc) is 2.74. The number of nitrogens with two attached hydrogens (primary N) is 1. The fourth-order valence-corrected chi connectivity index (χ4v) is 2.36. The Hall–Kier alpha value is -2.06. The zero-order valence-corrected chi connectivity index (χ0v) is 10.3. The van der Waals surface area contributed by atoms with Gasteiger partial charge in [-0.2, -0.15) is 5.10 Å². The summed E-state index contributed by atoms with van der Waals surface area (Å²) >= 11 is 1.39. The topological polar surface area (TPSA) is 99.0 Å². The number of aromatic nitrogens is 2. The van der Waals surface area contributed by atoms with Crippen molar-refractivity contribution >= 4 is 23.1 Å². The number of hydrazine groups is 1. The van der Waals surface area contributed by atoms with Crippen molar-refractivity contribution in [1.82, 2.24) is 9.78 Å². The Bertz CT molecular complexity index is 583. The number of rotatable bonds is 4. The normalized spacial score (nSPS) is 10.3. The number of hydrogen-bond donors (Lipinski definition) is 2. The Balaban J connectivity index is 2.32. The number of anilines is 1. The van der Waals surface area contributed by atoms with E-state index in [1.54, 1.807) is 16.9 Å². The Morgan fingerprint density at radius 2 is 2.22 bits per heavy atom. The molecule has 0 saturated heterocycles. The monoisotopic (exact) mass is 265 g/mol. The molecule has 0 aliphatic rings. The molecule has 8 heteroatoms. The number of nitrogen functional groups attached to an aromatic ring is 1. The predicted molar refractivity (Wildman–Crippen MR) is 68.2 cm³/mol. The van der Waals surface area contributed by atoms with Crippen LogP contribution < -0.4 is 11.3 Å². The minimum atomic E-state index is -0.450. The summed E-state index contributed by atoms with van der Waals surface area (Å²) in [7, 11) is 1.81. The van der Waals surface area contributed by atoms with Crippen molar-refractivity contribution in [1.29, 1.82) is 0 Å². The number of nitro groups is 1. The van der Waals surface area contributed by atoms with Crippen LogP contribution in [0.1, 0.15) is 0 Å². The van der Waals surface area contributed by atoms with Crippen molar-refractivity contribution in [2.75, 3.05) is 5.43 Å². The highest BCUT2D eigenvalue weighted by atomic mass is 32.2. The SMILES string of the molecule is Cn1cc(Sc2cc(NN)cc([N+](=O)[O-])c2)cn1. The van der Waals surface area contributed by atoms with Gasteiger partial charge in [-0.1, -0.05) is 11.8 Å². The minimum Gasteiger partial charge on any atom is -0.324 e. The number of nitrogens with zero attached hydrogens (tertiary/aromatic N) is 3. The first-order valence-corrected chi connectivity index (χ1v) is 5.83. The smallest absolute Gasteiger partial charge is 0.272 e. The van der Waals surface area contributed by atoms with Gasteiger partial charge >= 0.3 is 0 Å². The van der Waals surface area contributed by atoms with Crippen LogP contribution in [-0.4, -0.2) is 14.7 Å². The summed E-state index contributed by atoms with van der Waals surface area (Å²) in [6.07, 6.45) is 3.53. The van der Waals surface area contributed by atoms with Gasteiger partial charge in [-0.15, -0.1) is 0 Å². The number of nitro benzene ring substituents is 1. The molecule has 0 atom stereocenters. The Morgan fingerprint density at radius 1 is 1.44 bits per heavy atom. The molecule has 2 aromatic rings. The molecule has 0 bridgehead atoms. The summed E-state index contributed by atoms with van der Waals surface area (Å²) in [5.74, 6) is 5.29. The number of hydrogen-bond acceptors (Lipinski definition) is 6. The van der Waals surface area contributed by atoms with Crippen molar-refractivity contribution in [3.63, 3.8) is 0 Å². The number of nitrogens with one attached hydrogen (secondary N) is 1. The van der Waals surface area contributed by atoms with Gasteiger partial charge in [0.15, 0.2) is 0 Å². The Morgan fingerprint density at radius 3 is 2.78 bits per heavy atom. The van der Waals surface area contributed by atoms with Crippen molar-refractivity contribution in [3.8, 4) is 0 Å². The molecule has 1 aromatic carbocycles. The van der Waals surface area contributed by atoms with Crippen LogP contribution in [0.15, 0.2) is 40.4 Å². The zero-order chi connectivity index (χ0) is 13.1. The van der Waals surface area contributed by atoms with E-state index >= 15 is 0 Å². The minimum absolute atomic E-state index is 0.00293. The van der Waals surface area contributed by atoms with E-state index < -0.39 is 4.92 Å². The summed E-state index contributed by atoms with van der Waals surface area (Å²) in [5, 5.41) is 14.8. The molecule has 0 spiro atoms. The number of aryl methyl sites for hydroxylation is 1.